The van der Waals surface area contributed by atoms with Crippen LogP contribution in [0.3, 0.4) is 0 Å². The molecule has 0 spiro atoms. The van der Waals surface area contributed by atoms with Gasteiger partial charge in [0.1, 0.15) is 5.75 Å². The highest BCUT2D eigenvalue weighted by atomic mass is 35.5. The number of amides is 2. The van der Waals surface area contributed by atoms with E-state index >= 15 is 0 Å². The van der Waals surface area contributed by atoms with Crippen LogP contribution in [0, 0.1) is 0 Å². The Balaban J connectivity index is 0.00000280. The number of ether oxygens (including phenoxy) is 1. The minimum atomic E-state index is -0.618. The smallest absolute Gasteiger partial charge is 0.265 e. The Kier molecular flexibility index (Phi) is 7.43. The summed E-state index contributed by atoms with van der Waals surface area (Å²) in [6.45, 7) is 3.80. The third kappa shape index (κ3) is 5.03. The fourth-order valence-electron chi connectivity index (χ4n) is 3.06. The fraction of sp³-hybridized carbons (Fsp3) is 0.333. The van der Waals surface area contributed by atoms with E-state index in [1.165, 1.54) is 0 Å². The topological polar surface area (TPSA) is 93.4 Å². The molecule has 28 heavy (non-hydrogen) atoms. The van der Waals surface area contributed by atoms with Crippen molar-refractivity contribution < 1.29 is 14.3 Å². The third-order valence-electron chi connectivity index (χ3n) is 4.69. The van der Waals surface area contributed by atoms with Gasteiger partial charge in [-0.1, -0.05) is 43.3 Å². The van der Waals surface area contributed by atoms with Crippen LogP contribution in [0.5, 0.6) is 5.75 Å². The molecule has 0 fully saturated rings. The number of benzene rings is 2. The number of hydrogen-bond acceptors (Lipinski definition) is 4. The van der Waals surface area contributed by atoms with Gasteiger partial charge >= 0.3 is 0 Å². The Morgan fingerprint density at radius 2 is 1.96 bits per heavy atom. The number of hydrogen-bond donors (Lipinski definition) is 3. The minimum Gasteiger partial charge on any atom is -0.478 e. The Bertz CT molecular complexity index is 829. The molecule has 0 aliphatic carbocycles. The van der Waals surface area contributed by atoms with Gasteiger partial charge in [0, 0.05) is 0 Å². The maximum Gasteiger partial charge on any atom is 0.265 e. The second kappa shape index (κ2) is 9.57. The van der Waals surface area contributed by atoms with E-state index in [1.54, 1.807) is 6.07 Å². The number of rotatable bonds is 6. The summed E-state index contributed by atoms with van der Waals surface area (Å²) < 4.78 is 5.77. The minimum absolute atomic E-state index is 0. The Hall–Kier alpha value is -2.57. The molecule has 2 aromatic rings. The predicted molar refractivity (Wildman–Crippen MR) is 112 cm³/mol. The second-order valence-electron chi connectivity index (χ2n) is 6.79. The second-order valence-corrected chi connectivity index (χ2v) is 6.79. The first-order valence-electron chi connectivity index (χ1n) is 9.19. The van der Waals surface area contributed by atoms with Gasteiger partial charge < -0.3 is 21.1 Å². The zero-order chi connectivity index (χ0) is 19.4. The summed E-state index contributed by atoms with van der Waals surface area (Å²) in [5, 5.41) is 5.79. The molecule has 4 N–H and O–H groups in total. The number of fused-ring (bicyclic) bond motifs is 1. The quantitative estimate of drug-likeness (QED) is 0.691. The van der Waals surface area contributed by atoms with Gasteiger partial charge in [0.15, 0.2) is 6.10 Å². The first kappa shape index (κ1) is 21.7. The number of carbonyl (C=O) groups excluding carboxylic acids is 2. The monoisotopic (exact) mass is 403 g/mol. The van der Waals surface area contributed by atoms with E-state index in [9.17, 15) is 9.59 Å². The van der Waals surface area contributed by atoms with Gasteiger partial charge in [0.25, 0.3) is 5.91 Å². The van der Waals surface area contributed by atoms with Crippen LogP contribution in [-0.4, -0.2) is 24.0 Å². The van der Waals surface area contributed by atoms with Gasteiger partial charge in [-0.15, -0.1) is 12.4 Å². The predicted octanol–water partition coefficient (Wildman–Crippen LogP) is 2.97. The lowest BCUT2D eigenvalue weighted by atomic mass is 10.0. The summed E-state index contributed by atoms with van der Waals surface area (Å²) in [6, 6.07) is 14.4. The number of nitrogens with two attached hydrogens (primary N) is 1. The van der Waals surface area contributed by atoms with E-state index in [4.69, 9.17) is 10.5 Å². The molecule has 0 saturated heterocycles. The van der Waals surface area contributed by atoms with Gasteiger partial charge in [-0.2, -0.15) is 0 Å². The van der Waals surface area contributed by atoms with Crippen LogP contribution in [0.15, 0.2) is 48.5 Å². The molecule has 2 aromatic carbocycles. The van der Waals surface area contributed by atoms with Crippen LogP contribution in [0.25, 0.3) is 0 Å². The molecular weight excluding hydrogens is 378 g/mol. The van der Waals surface area contributed by atoms with Crippen molar-refractivity contribution in [3.8, 4) is 5.75 Å². The lowest BCUT2D eigenvalue weighted by molar-refractivity contribution is -0.124. The Labute approximate surface area is 171 Å². The van der Waals surface area contributed by atoms with Crippen LogP contribution in [-0.2, 0) is 16.0 Å². The van der Waals surface area contributed by atoms with E-state index < -0.39 is 12.1 Å². The largest absolute Gasteiger partial charge is 0.478 e. The molecule has 2 amide bonds. The zero-order valence-corrected chi connectivity index (χ0v) is 16.8. The maximum atomic E-state index is 12.4. The van der Waals surface area contributed by atoms with Gasteiger partial charge in [-0.3, -0.25) is 9.59 Å². The van der Waals surface area contributed by atoms with Crippen molar-refractivity contribution in [1.82, 2.24) is 5.32 Å². The van der Waals surface area contributed by atoms with Crippen molar-refractivity contribution in [2.45, 2.75) is 44.9 Å². The van der Waals surface area contributed by atoms with Crippen LogP contribution >= 0.6 is 12.4 Å². The summed E-state index contributed by atoms with van der Waals surface area (Å²) in [6.07, 6.45) is 0.587. The molecule has 2 unspecified atom stereocenters. The molecule has 1 aliphatic heterocycles. The zero-order valence-electron chi connectivity index (χ0n) is 16.0. The molecule has 0 bridgehead atoms. The van der Waals surface area contributed by atoms with E-state index in [0.717, 1.165) is 11.1 Å². The van der Waals surface area contributed by atoms with E-state index in [-0.39, 0.29) is 30.3 Å². The van der Waals surface area contributed by atoms with Crippen molar-refractivity contribution in [2.24, 2.45) is 5.73 Å². The number of carbonyl (C=O) groups is 2. The molecule has 3 atom stereocenters. The molecule has 0 radical (unpaired) electrons. The Morgan fingerprint density at radius 3 is 2.64 bits per heavy atom. The average Bonchev–Trinajstić information content (AvgIpc) is 2.67. The van der Waals surface area contributed by atoms with Gasteiger partial charge in [-0.05, 0) is 43.0 Å². The lowest BCUT2D eigenvalue weighted by Gasteiger charge is -2.26. The van der Waals surface area contributed by atoms with E-state index in [1.807, 2.05) is 56.3 Å². The molecule has 0 saturated carbocycles. The number of anilines is 1. The van der Waals surface area contributed by atoms with Gasteiger partial charge in [-0.25, -0.2) is 0 Å². The molecular formula is C21H26ClN3O3. The van der Waals surface area contributed by atoms with Gasteiger partial charge in [0.05, 0.1) is 17.8 Å². The standard InChI is InChI=1S/C21H25N3O3.ClH/c1-3-18-21(26)24-17-10-9-15(12-19(17)27-18)13(2)23-20(25)16(22)11-14-7-5-4-6-8-14;/h4-10,12-13,16,18H,3,11,22H2,1-2H3,(H,23,25)(H,24,26);1H/t13?,16-,18?;/m0./s1. The molecule has 3 rings (SSSR count). The van der Waals surface area contributed by atoms with Crippen LogP contribution in [0.4, 0.5) is 5.69 Å². The van der Waals surface area contributed by atoms with Crippen molar-refractivity contribution in [1.29, 1.82) is 0 Å². The van der Waals surface area contributed by atoms with Crippen LogP contribution in [0.1, 0.15) is 37.4 Å². The van der Waals surface area contributed by atoms with Crippen molar-refractivity contribution in [3.63, 3.8) is 0 Å². The highest BCUT2D eigenvalue weighted by molar-refractivity contribution is 5.97. The third-order valence-corrected chi connectivity index (χ3v) is 4.69. The fourth-order valence-corrected chi connectivity index (χ4v) is 3.06. The first-order chi connectivity index (χ1) is 13.0. The van der Waals surface area contributed by atoms with Crippen molar-refractivity contribution in [3.05, 3.63) is 59.7 Å². The molecule has 7 heteroatoms. The first-order valence-corrected chi connectivity index (χ1v) is 9.19. The summed E-state index contributed by atoms with van der Waals surface area (Å²) in [5.41, 5.74) is 8.61. The SMILES string of the molecule is CCC1Oc2cc(C(C)NC(=O)[C@@H](N)Cc3ccccc3)ccc2NC1=O.Cl. The van der Waals surface area contributed by atoms with Crippen LogP contribution < -0.4 is 21.1 Å². The summed E-state index contributed by atoms with van der Waals surface area (Å²) in [4.78, 5) is 24.3. The normalized spacial score (nSPS) is 17.2. The summed E-state index contributed by atoms with van der Waals surface area (Å²) >= 11 is 0. The van der Waals surface area contributed by atoms with Crippen molar-refractivity contribution in [2.75, 3.05) is 5.32 Å². The highest BCUT2D eigenvalue weighted by Crippen LogP contribution is 2.33. The van der Waals surface area contributed by atoms with Crippen molar-refractivity contribution >= 4 is 29.9 Å². The van der Waals surface area contributed by atoms with Crippen LogP contribution in [0.2, 0.25) is 0 Å². The number of nitrogens with one attached hydrogen (secondary N) is 2. The Morgan fingerprint density at radius 1 is 1.25 bits per heavy atom. The summed E-state index contributed by atoms with van der Waals surface area (Å²) in [5.74, 6) is 0.282. The van der Waals surface area contributed by atoms with Gasteiger partial charge in [0.2, 0.25) is 5.91 Å². The number of halogens is 1. The molecule has 150 valence electrons. The molecule has 1 aliphatic rings. The molecule has 0 aromatic heterocycles. The maximum absolute atomic E-state index is 12.4. The molecule has 6 nitrogen and oxygen atoms in total. The highest BCUT2D eigenvalue weighted by Gasteiger charge is 2.26. The lowest BCUT2D eigenvalue weighted by Crippen LogP contribution is -2.43. The average molecular weight is 404 g/mol. The van der Waals surface area contributed by atoms with E-state index in [0.29, 0.717) is 24.3 Å². The van der Waals surface area contributed by atoms with E-state index in [2.05, 4.69) is 10.6 Å². The molecule has 1 heterocycles. The summed E-state index contributed by atoms with van der Waals surface area (Å²) in [7, 11) is 0.